The Bertz CT molecular complexity index is 926. The molecule has 0 spiro atoms. The number of nitro benzene ring substituents is 1. The van der Waals surface area contributed by atoms with Crippen LogP contribution >= 0.6 is 0 Å². The lowest BCUT2D eigenvalue weighted by molar-refractivity contribution is -0.385. The van der Waals surface area contributed by atoms with Crippen LogP contribution in [0.2, 0.25) is 0 Å². The van der Waals surface area contributed by atoms with E-state index in [9.17, 15) is 18.5 Å². The average molecular weight is 377 g/mol. The summed E-state index contributed by atoms with van der Waals surface area (Å²) in [6.45, 7) is 3.60. The van der Waals surface area contributed by atoms with Crippen molar-refractivity contribution in [3.63, 3.8) is 0 Å². The maximum absolute atomic E-state index is 12.4. The second-order valence-electron chi connectivity index (χ2n) is 6.07. The number of nitrogens with one attached hydrogen (secondary N) is 1. The van der Waals surface area contributed by atoms with E-state index in [4.69, 9.17) is 0 Å². The van der Waals surface area contributed by atoms with Crippen LogP contribution in [0.5, 0.6) is 0 Å². The monoisotopic (exact) mass is 377 g/mol. The van der Waals surface area contributed by atoms with Crippen LogP contribution < -0.4 is 9.62 Å². The number of hydrogen-bond donors (Lipinski definition) is 1. The smallest absolute Gasteiger partial charge is 0.270 e. The highest BCUT2D eigenvalue weighted by Crippen LogP contribution is 2.19. The van der Waals surface area contributed by atoms with Gasteiger partial charge in [-0.3, -0.25) is 10.1 Å². The summed E-state index contributed by atoms with van der Waals surface area (Å²) < 4.78 is 27.3. The molecule has 1 N–H and O–H groups in total. The van der Waals surface area contributed by atoms with E-state index >= 15 is 0 Å². The molecule has 1 aromatic carbocycles. The Balaban J connectivity index is 1.77. The lowest BCUT2D eigenvalue weighted by Crippen LogP contribution is -2.25. The highest BCUT2D eigenvalue weighted by Gasteiger charge is 2.19. The Morgan fingerprint density at radius 3 is 2.65 bits per heavy atom. The Labute approximate surface area is 151 Å². The molecule has 2 aromatic rings. The Hall–Kier alpha value is -2.59. The molecule has 1 aliphatic rings. The third kappa shape index (κ3) is 4.14. The van der Waals surface area contributed by atoms with Gasteiger partial charge in [-0.25, -0.2) is 23.1 Å². The number of hydrogen-bond acceptors (Lipinski definition) is 7. The van der Waals surface area contributed by atoms with Gasteiger partial charge in [-0.15, -0.1) is 0 Å². The van der Waals surface area contributed by atoms with Crippen LogP contribution in [0, 0.1) is 17.0 Å². The second kappa shape index (κ2) is 7.34. The molecule has 3 rings (SSSR count). The van der Waals surface area contributed by atoms with Crippen molar-refractivity contribution < 1.29 is 13.3 Å². The zero-order valence-corrected chi connectivity index (χ0v) is 15.1. The predicted octanol–water partition coefficient (Wildman–Crippen LogP) is 1.77. The summed E-state index contributed by atoms with van der Waals surface area (Å²) in [5.74, 6) is 0.604. The number of sulfonamides is 1. The summed E-state index contributed by atoms with van der Waals surface area (Å²) >= 11 is 0. The van der Waals surface area contributed by atoms with Gasteiger partial charge >= 0.3 is 0 Å². The largest absolute Gasteiger partial charge is 0.341 e. The van der Waals surface area contributed by atoms with Crippen molar-refractivity contribution in [1.29, 1.82) is 0 Å². The lowest BCUT2D eigenvalue weighted by Gasteiger charge is -2.16. The molecule has 0 atom stereocenters. The van der Waals surface area contributed by atoms with E-state index in [1.807, 2.05) is 6.92 Å². The first-order valence-electron chi connectivity index (χ1n) is 8.19. The van der Waals surface area contributed by atoms with Gasteiger partial charge in [0.2, 0.25) is 16.0 Å². The molecular weight excluding hydrogens is 358 g/mol. The van der Waals surface area contributed by atoms with E-state index in [-0.39, 0.29) is 17.1 Å². The Morgan fingerprint density at radius 1 is 1.23 bits per heavy atom. The number of aromatic nitrogens is 2. The van der Waals surface area contributed by atoms with Gasteiger partial charge in [-0.1, -0.05) is 6.07 Å². The van der Waals surface area contributed by atoms with Crippen LogP contribution in [0.4, 0.5) is 11.6 Å². The maximum Gasteiger partial charge on any atom is 0.270 e. The standard InChI is InChI=1S/C16H19N5O4S/c1-12-9-13(19-16(18-12)20-7-2-3-8-20)11-17-26(24,25)15-6-4-5-14(10-15)21(22)23/h4-6,9-10,17H,2-3,7-8,11H2,1H3. The van der Waals surface area contributed by atoms with E-state index in [2.05, 4.69) is 19.6 Å². The maximum atomic E-state index is 12.4. The molecule has 0 unspecified atom stereocenters. The van der Waals surface area contributed by atoms with E-state index in [1.54, 1.807) is 6.07 Å². The minimum Gasteiger partial charge on any atom is -0.341 e. The molecular formula is C16H19N5O4S. The molecule has 1 aliphatic heterocycles. The number of rotatable bonds is 6. The summed E-state index contributed by atoms with van der Waals surface area (Å²) in [5, 5.41) is 10.8. The van der Waals surface area contributed by atoms with Crippen molar-refractivity contribution in [2.45, 2.75) is 31.2 Å². The molecule has 9 nitrogen and oxygen atoms in total. The molecule has 0 radical (unpaired) electrons. The van der Waals surface area contributed by atoms with E-state index < -0.39 is 14.9 Å². The molecule has 10 heteroatoms. The van der Waals surface area contributed by atoms with Gasteiger partial charge in [0, 0.05) is 30.9 Å². The molecule has 1 fully saturated rings. The minimum atomic E-state index is -3.89. The highest BCUT2D eigenvalue weighted by atomic mass is 32.2. The normalized spacial score (nSPS) is 14.6. The van der Waals surface area contributed by atoms with Crippen molar-refractivity contribution in [2.75, 3.05) is 18.0 Å². The van der Waals surface area contributed by atoms with Gasteiger partial charge in [0.15, 0.2) is 0 Å². The van der Waals surface area contributed by atoms with Crippen LogP contribution in [0.3, 0.4) is 0 Å². The van der Waals surface area contributed by atoms with Gasteiger partial charge in [-0.05, 0) is 31.9 Å². The van der Waals surface area contributed by atoms with E-state index in [0.29, 0.717) is 11.6 Å². The molecule has 138 valence electrons. The predicted molar refractivity (Wildman–Crippen MR) is 95.3 cm³/mol. The van der Waals surface area contributed by atoms with Crippen molar-refractivity contribution >= 4 is 21.7 Å². The zero-order chi connectivity index (χ0) is 18.7. The van der Waals surface area contributed by atoms with Crippen LogP contribution in [0.15, 0.2) is 35.2 Å². The van der Waals surface area contributed by atoms with Gasteiger partial charge in [0.1, 0.15) is 0 Å². The molecule has 26 heavy (non-hydrogen) atoms. The quantitative estimate of drug-likeness (QED) is 0.602. The molecule has 0 aliphatic carbocycles. The van der Waals surface area contributed by atoms with E-state index in [0.717, 1.165) is 37.7 Å². The van der Waals surface area contributed by atoms with Gasteiger partial charge in [-0.2, -0.15) is 0 Å². The number of aryl methyl sites for hydroxylation is 1. The third-order valence-electron chi connectivity index (χ3n) is 4.07. The first kappa shape index (κ1) is 18.2. The molecule has 0 amide bonds. The van der Waals surface area contributed by atoms with Crippen LogP contribution in [-0.2, 0) is 16.6 Å². The molecule has 0 saturated carbocycles. The number of nitro groups is 1. The van der Waals surface area contributed by atoms with Gasteiger partial charge in [0.25, 0.3) is 5.69 Å². The summed E-state index contributed by atoms with van der Waals surface area (Å²) in [6.07, 6.45) is 2.18. The highest BCUT2D eigenvalue weighted by molar-refractivity contribution is 7.89. The zero-order valence-electron chi connectivity index (χ0n) is 14.3. The molecule has 1 saturated heterocycles. The average Bonchev–Trinajstić information content (AvgIpc) is 3.14. The summed E-state index contributed by atoms with van der Waals surface area (Å²) in [7, 11) is -3.89. The van der Waals surface area contributed by atoms with Crippen molar-refractivity contribution in [1.82, 2.24) is 14.7 Å². The van der Waals surface area contributed by atoms with Gasteiger partial charge < -0.3 is 4.90 Å². The Kier molecular flexibility index (Phi) is 5.14. The fraction of sp³-hybridized carbons (Fsp3) is 0.375. The topological polar surface area (TPSA) is 118 Å². The van der Waals surface area contributed by atoms with Crippen LogP contribution in [0.1, 0.15) is 24.2 Å². The van der Waals surface area contributed by atoms with Gasteiger partial charge in [0.05, 0.1) is 22.1 Å². The second-order valence-corrected chi connectivity index (χ2v) is 7.84. The summed E-state index contributed by atoms with van der Waals surface area (Å²) in [5.41, 5.74) is 1.03. The molecule has 2 heterocycles. The summed E-state index contributed by atoms with van der Waals surface area (Å²) in [6, 6.07) is 6.65. The van der Waals surface area contributed by atoms with Crippen LogP contribution in [0.25, 0.3) is 0 Å². The number of benzene rings is 1. The Morgan fingerprint density at radius 2 is 1.96 bits per heavy atom. The third-order valence-corrected chi connectivity index (χ3v) is 5.47. The van der Waals surface area contributed by atoms with Crippen molar-refractivity contribution in [3.8, 4) is 0 Å². The fourth-order valence-corrected chi connectivity index (χ4v) is 3.82. The van der Waals surface area contributed by atoms with E-state index in [1.165, 1.54) is 18.2 Å². The fourth-order valence-electron chi connectivity index (χ4n) is 2.78. The molecule has 0 bridgehead atoms. The number of nitrogens with zero attached hydrogens (tertiary/aromatic N) is 4. The summed E-state index contributed by atoms with van der Waals surface area (Å²) in [4.78, 5) is 21.0. The first-order valence-corrected chi connectivity index (χ1v) is 9.67. The van der Waals surface area contributed by atoms with Crippen LogP contribution in [-0.4, -0.2) is 36.4 Å². The number of non-ortho nitro benzene ring substituents is 1. The SMILES string of the molecule is Cc1cc(CNS(=O)(=O)c2cccc([N+](=O)[O-])c2)nc(N2CCCC2)n1. The lowest BCUT2D eigenvalue weighted by atomic mass is 10.3. The molecule has 1 aromatic heterocycles. The first-order chi connectivity index (χ1) is 12.3. The van der Waals surface area contributed by atoms with Crippen molar-refractivity contribution in [3.05, 3.63) is 51.8 Å². The van der Waals surface area contributed by atoms with Crippen molar-refractivity contribution in [2.24, 2.45) is 0 Å². The number of anilines is 1. The minimum absolute atomic E-state index is 0.0186.